The maximum absolute atomic E-state index is 12.9. The summed E-state index contributed by atoms with van der Waals surface area (Å²) < 4.78 is 18.6. The van der Waals surface area contributed by atoms with Gasteiger partial charge in [0.1, 0.15) is 14.1 Å². The molecular weight excluding hydrogens is 211 g/mol. The average Bonchev–Trinajstić information content (AvgIpc) is 2.46. The molecule has 4 atom stereocenters. The number of ether oxygens (including phenoxy) is 1. The fraction of sp³-hybridized carbons (Fsp3) is 0.600. The summed E-state index contributed by atoms with van der Waals surface area (Å²) >= 11 is 0. The summed E-state index contributed by atoms with van der Waals surface area (Å²) in [6, 6.07) is 0.274. The molecule has 0 amide bonds. The Hall–Kier alpha value is -0.175. The predicted octanol–water partition coefficient (Wildman–Crippen LogP) is 1.59. The monoisotopic (exact) mass is 225 g/mol. The van der Waals surface area contributed by atoms with Gasteiger partial charge >= 0.3 is 0 Å². The van der Waals surface area contributed by atoms with Gasteiger partial charge in [0, 0.05) is 12.5 Å². The Morgan fingerprint density at radius 3 is 2.87 bits per heavy atom. The molecule has 0 aromatic rings. The Morgan fingerprint density at radius 1 is 1.60 bits per heavy atom. The van der Waals surface area contributed by atoms with Crippen molar-refractivity contribution >= 4 is 17.1 Å². The van der Waals surface area contributed by atoms with Crippen molar-refractivity contribution in [3.63, 3.8) is 0 Å². The Labute approximate surface area is 92.9 Å². The zero-order valence-electron chi connectivity index (χ0n) is 8.66. The van der Waals surface area contributed by atoms with E-state index in [1.165, 1.54) is 6.08 Å². The van der Waals surface area contributed by atoms with Crippen LogP contribution in [0.25, 0.3) is 0 Å². The van der Waals surface area contributed by atoms with Gasteiger partial charge in [0.25, 0.3) is 0 Å². The van der Waals surface area contributed by atoms with E-state index in [0.29, 0.717) is 18.3 Å². The van der Waals surface area contributed by atoms with Gasteiger partial charge in [-0.1, -0.05) is 5.47 Å². The number of rotatable bonds is 1. The average molecular weight is 225 g/mol. The summed E-state index contributed by atoms with van der Waals surface area (Å²) in [6.45, 7) is 2.05. The van der Waals surface area contributed by atoms with Crippen molar-refractivity contribution in [2.24, 2.45) is 0 Å². The molecule has 1 aliphatic carbocycles. The minimum absolute atomic E-state index is 0.0889. The molecule has 1 aliphatic heterocycles. The molecule has 2 rings (SSSR count). The summed E-state index contributed by atoms with van der Waals surface area (Å²) in [4.78, 5) is 0. The normalized spacial score (nSPS) is 37.0. The van der Waals surface area contributed by atoms with E-state index in [2.05, 4.69) is 14.6 Å². The summed E-state index contributed by atoms with van der Waals surface area (Å²) in [5.41, 5.74) is 1.47. The highest BCUT2D eigenvalue weighted by molar-refractivity contribution is 7.17. The summed E-state index contributed by atoms with van der Waals surface area (Å²) in [5.74, 6) is -0.0595. The van der Waals surface area contributed by atoms with Crippen molar-refractivity contribution in [2.75, 3.05) is 0 Å². The zero-order valence-corrected chi connectivity index (χ0v) is 9.82. The Balaban J connectivity index is 2.15. The largest absolute Gasteiger partial charge is 0.351 e. The van der Waals surface area contributed by atoms with Crippen LogP contribution >= 0.6 is 9.24 Å². The van der Waals surface area contributed by atoms with Gasteiger partial charge in [0.05, 0.1) is 11.7 Å². The first-order valence-electron chi connectivity index (χ1n) is 5.09. The van der Waals surface area contributed by atoms with Crippen molar-refractivity contribution in [1.82, 2.24) is 5.32 Å². The number of allylic oxidation sites excluding steroid dienone is 3. The third-order valence-electron chi connectivity index (χ3n) is 2.83. The molecule has 15 heavy (non-hydrogen) atoms. The van der Waals surface area contributed by atoms with Gasteiger partial charge in [-0.05, 0) is 25.0 Å². The molecule has 1 saturated heterocycles. The Bertz CT molecular complexity index is 321. The molecule has 0 aromatic heterocycles. The molecule has 80 valence electrons. The molecular formula is C10H14BFNOP. The van der Waals surface area contributed by atoms with Gasteiger partial charge in [0.15, 0.2) is 0 Å². The van der Waals surface area contributed by atoms with Crippen molar-refractivity contribution in [2.45, 2.75) is 37.9 Å². The number of hydrogen-bond donors (Lipinski definition) is 1. The predicted molar refractivity (Wildman–Crippen MR) is 62.2 cm³/mol. The second-order valence-electron chi connectivity index (χ2n) is 4.01. The van der Waals surface area contributed by atoms with E-state index in [1.807, 2.05) is 6.92 Å². The van der Waals surface area contributed by atoms with Gasteiger partial charge in [-0.2, -0.15) is 0 Å². The standard InChI is InChI=1S/C10H14BFNOP/c1-5-10(15)14-9(13-5)7-3-2-6(12)4-8(7)11/h4-5,9-10,13H,2-3,15H2,1H3. The van der Waals surface area contributed by atoms with Crippen LogP contribution in [0, 0.1) is 0 Å². The summed E-state index contributed by atoms with van der Waals surface area (Å²) in [5, 5.41) is 3.29. The molecule has 1 fully saturated rings. The lowest BCUT2D eigenvalue weighted by Crippen LogP contribution is -2.31. The third kappa shape index (κ3) is 2.33. The number of halogens is 1. The van der Waals surface area contributed by atoms with Crippen LogP contribution in [0.2, 0.25) is 0 Å². The van der Waals surface area contributed by atoms with Crippen LogP contribution in [0.1, 0.15) is 19.8 Å². The molecule has 0 saturated carbocycles. The van der Waals surface area contributed by atoms with Crippen molar-refractivity contribution in [3.05, 3.63) is 22.9 Å². The van der Waals surface area contributed by atoms with Crippen LogP contribution in [-0.4, -0.2) is 26.0 Å². The quantitative estimate of drug-likeness (QED) is 0.540. The lowest BCUT2D eigenvalue weighted by Gasteiger charge is -2.21. The molecule has 1 N–H and O–H groups in total. The van der Waals surface area contributed by atoms with E-state index in [1.54, 1.807) is 0 Å². The molecule has 2 nitrogen and oxygen atoms in total. The fourth-order valence-corrected chi connectivity index (χ4v) is 2.11. The minimum Gasteiger partial charge on any atom is -0.351 e. The molecule has 0 bridgehead atoms. The van der Waals surface area contributed by atoms with Crippen LogP contribution in [0.4, 0.5) is 4.39 Å². The van der Waals surface area contributed by atoms with E-state index in [9.17, 15) is 4.39 Å². The highest BCUT2D eigenvalue weighted by Gasteiger charge is 2.31. The molecule has 1 heterocycles. The highest BCUT2D eigenvalue weighted by Crippen LogP contribution is 2.30. The first-order chi connectivity index (χ1) is 7.08. The fourth-order valence-electron chi connectivity index (χ4n) is 1.85. The molecule has 0 spiro atoms. The van der Waals surface area contributed by atoms with E-state index in [0.717, 1.165) is 5.57 Å². The van der Waals surface area contributed by atoms with Crippen LogP contribution in [-0.2, 0) is 4.74 Å². The topological polar surface area (TPSA) is 21.3 Å². The van der Waals surface area contributed by atoms with Gasteiger partial charge in [-0.25, -0.2) is 4.39 Å². The van der Waals surface area contributed by atoms with Crippen LogP contribution in [0.15, 0.2) is 22.9 Å². The third-order valence-corrected chi connectivity index (χ3v) is 3.57. The minimum atomic E-state index is -0.160. The second-order valence-corrected chi connectivity index (χ2v) is 4.66. The maximum atomic E-state index is 12.9. The van der Waals surface area contributed by atoms with Crippen LogP contribution in [0.3, 0.4) is 0 Å². The van der Waals surface area contributed by atoms with E-state index in [-0.39, 0.29) is 23.9 Å². The van der Waals surface area contributed by atoms with Gasteiger partial charge in [-0.15, -0.1) is 9.24 Å². The molecule has 2 radical (unpaired) electrons. The van der Waals surface area contributed by atoms with Crippen LogP contribution in [0.5, 0.6) is 0 Å². The number of nitrogens with one attached hydrogen (secondary N) is 1. The Morgan fingerprint density at radius 2 is 2.33 bits per heavy atom. The SMILES string of the molecule is [B]C1=C(C2NC(C)C(P)O2)CCC(F)=C1. The van der Waals surface area contributed by atoms with Crippen molar-refractivity contribution < 1.29 is 9.13 Å². The van der Waals surface area contributed by atoms with E-state index in [4.69, 9.17) is 12.6 Å². The first-order valence-corrected chi connectivity index (χ1v) is 5.76. The molecule has 5 heteroatoms. The molecule has 0 aromatic carbocycles. The zero-order chi connectivity index (χ0) is 11.0. The second kappa shape index (κ2) is 4.36. The summed E-state index contributed by atoms with van der Waals surface area (Å²) in [6.07, 6.45) is 2.29. The van der Waals surface area contributed by atoms with Crippen molar-refractivity contribution in [1.29, 1.82) is 0 Å². The van der Waals surface area contributed by atoms with Gasteiger partial charge < -0.3 is 4.74 Å². The van der Waals surface area contributed by atoms with Gasteiger partial charge in [0.2, 0.25) is 0 Å². The number of hydrogen-bond acceptors (Lipinski definition) is 2. The van der Waals surface area contributed by atoms with Gasteiger partial charge in [-0.3, -0.25) is 5.32 Å². The Kier molecular flexibility index (Phi) is 3.29. The molecule has 4 unspecified atom stereocenters. The van der Waals surface area contributed by atoms with E-state index >= 15 is 0 Å². The first kappa shape index (κ1) is 11.3. The van der Waals surface area contributed by atoms with Crippen LogP contribution < -0.4 is 5.32 Å². The highest BCUT2D eigenvalue weighted by atomic mass is 31.0. The molecule has 2 aliphatic rings. The summed E-state index contributed by atoms with van der Waals surface area (Å²) in [7, 11) is 8.41. The lowest BCUT2D eigenvalue weighted by atomic mass is 9.83. The maximum Gasteiger partial charge on any atom is 0.131 e. The lowest BCUT2D eigenvalue weighted by molar-refractivity contribution is 0.104. The van der Waals surface area contributed by atoms with E-state index < -0.39 is 0 Å². The smallest absolute Gasteiger partial charge is 0.131 e. The van der Waals surface area contributed by atoms with Crippen molar-refractivity contribution in [3.8, 4) is 0 Å².